The van der Waals surface area contributed by atoms with Gasteiger partial charge < -0.3 is 10.0 Å². The summed E-state index contributed by atoms with van der Waals surface area (Å²) in [6, 6.07) is 0. The molecule has 0 aromatic carbocycles. The number of hydrogen-bond donors (Lipinski definition) is 1. The third kappa shape index (κ3) is 4.86. The number of aliphatic carboxylic acids is 1. The van der Waals surface area contributed by atoms with E-state index in [4.69, 9.17) is 5.11 Å². The van der Waals surface area contributed by atoms with E-state index in [2.05, 4.69) is 0 Å². The number of hydrogen-bond acceptors (Lipinski definition) is 4. The molecule has 0 fully saturated rings. The molecule has 0 amide bonds. The van der Waals surface area contributed by atoms with E-state index >= 15 is 0 Å². The summed E-state index contributed by atoms with van der Waals surface area (Å²) < 4.78 is 68.9. The Balaban J connectivity index is 0. The molecular formula is C7H13F4NO4S. The molecule has 0 aliphatic heterocycles. The summed E-state index contributed by atoms with van der Waals surface area (Å²) in [6.45, 7) is 0. The summed E-state index contributed by atoms with van der Waals surface area (Å²) in [5.74, 6) is -8.82. The third-order valence-corrected chi connectivity index (χ3v) is 2.29. The zero-order valence-electron chi connectivity index (χ0n) is 9.54. The Labute approximate surface area is 95.9 Å². The molecule has 0 heterocycles. The van der Waals surface area contributed by atoms with Crippen LogP contribution in [0.15, 0.2) is 0 Å². The van der Waals surface area contributed by atoms with Crippen LogP contribution in [0.2, 0.25) is 0 Å². The lowest BCUT2D eigenvalue weighted by Gasteiger charge is -2.20. The highest BCUT2D eigenvalue weighted by molar-refractivity contribution is 7.91. The number of rotatable bonds is 3. The smallest absolute Gasteiger partial charge is 0.418 e. The van der Waals surface area contributed by atoms with Crippen LogP contribution < -0.4 is 0 Å². The van der Waals surface area contributed by atoms with E-state index in [1.165, 1.54) is 0 Å². The van der Waals surface area contributed by atoms with Crippen LogP contribution in [-0.4, -0.2) is 63.0 Å². The van der Waals surface area contributed by atoms with Crippen molar-refractivity contribution >= 4 is 15.8 Å². The zero-order valence-corrected chi connectivity index (χ0v) is 10.4. The van der Waals surface area contributed by atoms with E-state index in [-0.39, 0.29) is 6.26 Å². The maximum absolute atomic E-state index is 12.2. The minimum Gasteiger partial charge on any atom is -0.477 e. The molecule has 0 rings (SSSR count). The highest BCUT2D eigenvalue weighted by Gasteiger charge is 2.69. The molecule has 0 spiro atoms. The first-order valence-electron chi connectivity index (χ1n) is 3.97. The summed E-state index contributed by atoms with van der Waals surface area (Å²) in [5, 5.41) is 2.04. The van der Waals surface area contributed by atoms with Gasteiger partial charge in [-0.1, -0.05) is 0 Å². The largest absolute Gasteiger partial charge is 0.477 e. The lowest BCUT2D eigenvalue weighted by Crippen LogP contribution is -2.51. The Morgan fingerprint density at radius 1 is 1.12 bits per heavy atom. The van der Waals surface area contributed by atoms with Gasteiger partial charge in [0, 0.05) is 6.26 Å². The Kier molecular flexibility index (Phi) is 6.11. The standard InChI is InChI=1S/C4H4F4O4S.C3H9N/c1-13(11,12)4(7,8)3(5,6)2(9)10;1-4(2)3/h1H3,(H,9,10);1-3H3. The van der Waals surface area contributed by atoms with E-state index in [1.807, 2.05) is 26.0 Å². The van der Waals surface area contributed by atoms with Gasteiger partial charge in [0.25, 0.3) is 0 Å². The first-order chi connectivity index (χ1) is 7.18. The summed E-state index contributed by atoms with van der Waals surface area (Å²) in [6.07, 6.45) is -0.177. The van der Waals surface area contributed by atoms with Gasteiger partial charge in [-0.3, -0.25) is 0 Å². The second kappa shape index (κ2) is 5.63. The van der Waals surface area contributed by atoms with Gasteiger partial charge in [0.15, 0.2) is 0 Å². The average Bonchev–Trinajstić information content (AvgIpc) is 1.99. The second-order valence-electron chi connectivity index (χ2n) is 3.51. The molecule has 0 aliphatic carbocycles. The molecule has 10 heteroatoms. The molecule has 104 valence electrons. The molecule has 5 nitrogen and oxygen atoms in total. The summed E-state index contributed by atoms with van der Waals surface area (Å²) in [5.41, 5.74) is 0. The highest BCUT2D eigenvalue weighted by Crippen LogP contribution is 2.38. The van der Waals surface area contributed by atoms with Crippen molar-refractivity contribution in [2.24, 2.45) is 0 Å². The SMILES string of the molecule is CN(C)C.CS(=O)(=O)C(F)(F)C(F)(F)C(=O)O. The molecule has 0 saturated heterocycles. The van der Waals surface area contributed by atoms with Gasteiger partial charge in [0.05, 0.1) is 0 Å². The van der Waals surface area contributed by atoms with Gasteiger partial charge >= 0.3 is 17.1 Å². The van der Waals surface area contributed by atoms with Crippen LogP contribution in [0.3, 0.4) is 0 Å². The topological polar surface area (TPSA) is 74.7 Å². The fourth-order valence-electron chi connectivity index (χ4n) is 0.357. The fraction of sp³-hybridized carbons (Fsp3) is 0.857. The molecule has 0 bridgehead atoms. The van der Waals surface area contributed by atoms with Crippen LogP contribution in [0.1, 0.15) is 0 Å². The zero-order chi connectivity index (χ0) is 14.7. The van der Waals surface area contributed by atoms with Crippen molar-refractivity contribution in [1.29, 1.82) is 0 Å². The van der Waals surface area contributed by atoms with Crippen molar-refractivity contribution < 1.29 is 35.9 Å². The van der Waals surface area contributed by atoms with Crippen molar-refractivity contribution in [3.8, 4) is 0 Å². The van der Waals surface area contributed by atoms with Crippen LogP contribution >= 0.6 is 0 Å². The van der Waals surface area contributed by atoms with Crippen LogP contribution in [0.4, 0.5) is 17.6 Å². The second-order valence-corrected chi connectivity index (χ2v) is 5.57. The quantitative estimate of drug-likeness (QED) is 0.764. The normalized spacial score (nSPS) is 13.0. The fourth-order valence-corrected chi connectivity index (χ4v) is 0.910. The minimum atomic E-state index is -5.62. The van der Waals surface area contributed by atoms with Gasteiger partial charge in [0.1, 0.15) is 0 Å². The number of alkyl halides is 4. The van der Waals surface area contributed by atoms with Crippen LogP contribution in [0.25, 0.3) is 0 Å². The molecule has 0 saturated carbocycles. The number of sulfone groups is 1. The molecule has 0 aliphatic rings. The monoisotopic (exact) mass is 283 g/mol. The van der Waals surface area contributed by atoms with Crippen LogP contribution in [0.5, 0.6) is 0 Å². The van der Waals surface area contributed by atoms with Crippen molar-refractivity contribution in [1.82, 2.24) is 4.90 Å². The Morgan fingerprint density at radius 3 is 1.41 bits per heavy atom. The van der Waals surface area contributed by atoms with E-state index in [1.54, 1.807) is 0 Å². The maximum atomic E-state index is 12.2. The number of carboxylic acid groups (broad SMARTS) is 1. The van der Waals surface area contributed by atoms with Gasteiger partial charge in [-0.05, 0) is 21.1 Å². The lowest BCUT2D eigenvalue weighted by atomic mass is 10.3. The Bertz CT molecular complexity index is 363. The van der Waals surface area contributed by atoms with E-state index in [0.29, 0.717) is 0 Å². The van der Waals surface area contributed by atoms with Gasteiger partial charge in [0.2, 0.25) is 9.84 Å². The molecule has 0 unspecified atom stereocenters. The maximum Gasteiger partial charge on any atom is 0.418 e. The van der Waals surface area contributed by atoms with Crippen molar-refractivity contribution in [3.05, 3.63) is 0 Å². The molecule has 0 radical (unpaired) electrons. The first kappa shape index (κ1) is 18.5. The average molecular weight is 283 g/mol. The molecule has 1 N–H and O–H groups in total. The molecule has 17 heavy (non-hydrogen) atoms. The first-order valence-corrected chi connectivity index (χ1v) is 5.86. The van der Waals surface area contributed by atoms with Gasteiger partial charge in [-0.15, -0.1) is 0 Å². The van der Waals surface area contributed by atoms with Gasteiger partial charge in [-0.25, -0.2) is 13.2 Å². The van der Waals surface area contributed by atoms with Crippen LogP contribution in [-0.2, 0) is 14.6 Å². The molecule has 0 aromatic rings. The summed E-state index contributed by atoms with van der Waals surface area (Å²) >= 11 is 0. The lowest BCUT2D eigenvalue weighted by molar-refractivity contribution is -0.197. The molecular weight excluding hydrogens is 270 g/mol. The van der Waals surface area contributed by atoms with E-state index in [9.17, 15) is 30.8 Å². The number of carbonyl (C=O) groups is 1. The van der Waals surface area contributed by atoms with E-state index in [0.717, 1.165) is 0 Å². The van der Waals surface area contributed by atoms with Gasteiger partial charge in [-0.2, -0.15) is 17.6 Å². The number of carboxylic acids is 1. The van der Waals surface area contributed by atoms with Crippen molar-refractivity contribution in [2.75, 3.05) is 27.4 Å². The summed E-state index contributed by atoms with van der Waals surface area (Å²) in [7, 11) is 0.531. The molecule has 0 atom stereocenters. The number of halogens is 4. The highest BCUT2D eigenvalue weighted by atomic mass is 32.2. The van der Waals surface area contributed by atoms with Crippen molar-refractivity contribution in [3.63, 3.8) is 0 Å². The predicted molar refractivity (Wildman–Crippen MR) is 52.0 cm³/mol. The van der Waals surface area contributed by atoms with E-state index < -0.39 is 27.0 Å². The third-order valence-electron chi connectivity index (χ3n) is 1.10. The van der Waals surface area contributed by atoms with Crippen molar-refractivity contribution in [2.45, 2.75) is 11.2 Å². The van der Waals surface area contributed by atoms with Crippen LogP contribution in [0, 0.1) is 0 Å². The Hall–Kier alpha value is -0.900. The minimum absolute atomic E-state index is 0.177. The Morgan fingerprint density at radius 2 is 1.35 bits per heavy atom. The molecule has 0 aromatic heterocycles. The number of nitrogens with zero attached hydrogens (tertiary/aromatic N) is 1. The predicted octanol–water partition coefficient (Wildman–Crippen LogP) is 0.522. The summed E-state index contributed by atoms with van der Waals surface area (Å²) in [4.78, 5) is 11.6.